The maximum atomic E-state index is 14.0. The average Bonchev–Trinajstić information content (AvgIpc) is 3.00. The molecule has 1 heterocycles. The molecule has 188 valence electrons. The average molecular weight is 612 g/mol. The van der Waals surface area contributed by atoms with Crippen LogP contribution in [0.5, 0.6) is 0 Å². The number of benzene rings is 3. The van der Waals surface area contributed by atoms with E-state index in [2.05, 4.69) is 5.32 Å². The number of hydrogen-bond acceptors (Lipinski definition) is 3. The van der Waals surface area contributed by atoms with Gasteiger partial charge in [0.05, 0.1) is 17.6 Å². The highest BCUT2D eigenvalue weighted by atomic mass is 127. The van der Waals surface area contributed by atoms with Crippen molar-refractivity contribution in [3.05, 3.63) is 97.6 Å². The summed E-state index contributed by atoms with van der Waals surface area (Å²) >= 11 is 2.00. The van der Waals surface area contributed by atoms with Crippen molar-refractivity contribution >= 4 is 40.1 Å². The normalized spacial score (nSPS) is 16.9. The summed E-state index contributed by atoms with van der Waals surface area (Å²) in [5, 5.41) is 12.2. The van der Waals surface area contributed by atoms with Crippen LogP contribution in [0.3, 0.4) is 0 Å². The van der Waals surface area contributed by atoms with Gasteiger partial charge in [-0.25, -0.2) is 17.6 Å². The largest absolute Gasteiger partial charge is 0.396 e. The molecule has 0 aromatic heterocycles. The van der Waals surface area contributed by atoms with Crippen molar-refractivity contribution in [2.75, 3.05) is 11.5 Å². The number of fused-ring (bicyclic) bond motifs is 1. The molecule has 0 spiro atoms. The second-order valence-corrected chi connectivity index (χ2v) is 9.91. The van der Waals surface area contributed by atoms with Crippen molar-refractivity contribution in [3.8, 4) is 0 Å². The van der Waals surface area contributed by atoms with E-state index in [0.29, 0.717) is 14.8 Å². The minimum atomic E-state index is -1.11. The number of nitrogens with zero attached hydrogens (tertiary/aromatic N) is 1. The first kappa shape index (κ1) is 26.1. The Kier molecular flexibility index (Phi) is 7.37. The summed E-state index contributed by atoms with van der Waals surface area (Å²) < 4.78 is 55.3. The van der Waals surface area contributed by atoms with E-state index in [1.165, 1.54) is 17.0 Å². The SMILES string of the molecule is CC1(CCO)C(=O)N(Cc2cc(F)cc(F)c2)c2cc(C(=O)NCc3ccc(F)cc3F)cc(I)c21. The van der Waals surface area contributed by atoms with Gasteiger partial charge in [0, 0.05) is 45.5 Å². The highest BCUT2D eigenvalue weighted by Gasteiger charge is 2.48. The first-order valence-corrected chi connectivity index (χ1v) is 12.1. The fourth-order valence-corrected chi connectivity index (χ4v) is 5.64. The van der Waals surface area contributed by atoms with Crippen molar-refractivity contribution < 1.29 is 32.3 Å². The number of anilines is 1. The van der Waals surface area contributed by atoms with Crippen molar-refractivity contribution in [2.45, 2.75) is 31.8 Å². The topological polar surface area (TPSA) is 69.6 Å². The van der Waals surface area contributed by atoms with Gasteiger partial charge in [-0.3, -0.25) is 9.59 Å². The third kappa shape index (κ3) is 4.96. The highest BCUT2D eigenvalue weighted by molar-refractivity contribution is 14.1. The van der Waals surface area contributed by atoms with Gasteiger partial charge in [-0.05, 0) is 71.8 Å². The molecule has 1 aliphatic rings. The van der Waals surface area contributed by atoms with Crippen LogP contribution in [0, 0.1) is 26.8 Å². The molecule has 2 amide bonds. The fourth-order valence-electron chi connectivity index (χ4n) is 4.44. The molecule has 1 aliphatic heterocycles. The molecule has 3 aromatic rings. The van der Waals surface area contributed by atoms with Crippen molar-refractivity contribution in [1.29, 1.82) is 0 Å². The Bertz CT molecular complexity index is 1350. The monoisotopic (exact) mass is 612 g/mol. The number of amides is 2. The summed E-state index contributed by atoms with van der Waals surface area (Å²) in [4.78, 5) is 27.8. The number of aliphatic hydroxyl groups is 1. The first-order valence-electron chi connectivity index (χ1n) is 11.0. The molecule has 4 rings (SSSR count). The maximum absolute atomic E-state index is 14.0. The van der Waals surface area contributed by atoms with Crippen molar-refractivity contribution in [3.63, 3.8) is 0 Å². The van der Waals surface area contributed by atoms with E-state index >= 15 is 0 Å². The summed E-state index contributed by atoms with van der Waals surface area (Å²) in [5.74, 6) is -4.03. The lowest BCUT2D eigenvalue weighted by atomic mass is 9.80. The Morgan fingerprint density at radius 1 is 1.03 bits per heavy atom. The highest BCUT2D eigenvalue weighted by Crippen LogP contribution is 2.47. The number of aliphatic hydroxyl groups excluding tert-OH is 1. The minimum Gasteiger partial charge on any atom is -0.396 e. The van der Waals surface area contributed by atoms with E-state index in [0.717, 1.165) is 30.3 Å². The summed E-state index contributed by atoms with van der Waals surface area (Å²) in [5.41, 5.74) is 0.360. The van der Waals surface area contributed by atoms with Gasteiger partial charge in [0.1, 0.15) is 23.3 Å². The molecule has 0 radical (unpaired) electrons. The van der Waals surface area contributed by atoms with Gasteiger partial charge in [0.15, 0.2) is 0 Å². The lowest BCUT2D eigenvalue weighted by Crippen LogP contribution is -2.38. The zero-order chi connectivity index (χ0) is 26.2. The Morgan fingerprint density at radius 3 is 2.36 bits per heavy atom. The van der Waals surface area contributed by atoms with E-state index in [-0.39, 0.29) is 48.7 Å². The summed E-state index contributed by atoms with van der Waals surface area (Å²) in [6.45, 7) is 1.07. The molecule has 0 bridgehead atoms. The van der Waals surface area contributed by atoms with E-state index in [9.17, 15) is 32.3 Å². The Labute approximate surface area is 218 Å². The molecule has 1 atom stereocenters. The summed E-state index contributed by atoms with van der Waals surface area (Å²) in [7, 11) is 0. The number of rotatable bonds is 7. The second kappa shape index (κ2) is 10.2. The zero-order valence-corrected chi connectivity index (χ0v) is 21.2. The van der Waals surface area contributed by atoms with E-state index < -0.39 is 34.6 Å². The molecule has 5 nitrogen and oxygen atoms in total. The zero-order valence-electron chi connectivity index (χ0n) is 19.0. The molecule has 1 unspecified atom stereocenters. The maximum Gasteiger partial charge on any atom is 0.251 e. The van der Waals surface area contributed by atoms with Gasteiger partial charge in [-0.1, -0.05) is 6.07 Å². The third-order valence-corrected chi connectivity index (χ3v) is 7.07. The number of carbonyl (C=O) groups excluding carboxylic acids is 2. The number of hydrogen-bond donors (Lipinski definition) is 2. The minimum absolute atomic E-state index is 0.0982. The van der Waals surface area contributed by atoms with Crippen LogP contribution in [0.25, 0.3) is 0 Å². The fraction of sp³-hybridized carbons (Fsp3) is 0.231. The van der Waals surface area contributed by atoms with Gasteiger partial charge in [0.2, 0.25) is 5.91 Å². The van der Waals surface area contributed by atoms with Crippen LogP contribution in [0.15, 0.2) is 48.5 Å². The molecule has 10 heteroatoms. The lowest BCUT2D eigenvalue weighted by Gasteiger charge is -2.24. The van der Waals surface area contributed by atoms with Gasteiger partial charge < -0.3 is 15.3 Å². The Hall–Kier alpha value is -2.99. The van der Waals surface area contributed by atoms with Crippen LogP contribution in [0.1, 0.15) is 40.4 Å². The molecule has 0 fully saturated rings. The number of halogens is 5. The van der Waals surface area contributed by atoms with Gasteiger partial charge in [0.25, 0.3) is 5.91 Å². The first-order chi connectivity index (χ1) is 17.0. The predicted molar refractivity (Wildman–Crippen MR) is 133 cm³/mol. The van der Waals surface area contributed by atoms with Crippen molar-refractivity contribution in [2.24, 2.45) is 0 Å². The van der Waals surface area contributed by atoms with Crippen molar-refractivity contribution in [1.82, 2.24) is 5.32 Å². The molecule has 0 saturated carbocycles. The van der Waals surface area contributed by atoms with Crippen LogP contribution < -0.4 is 10.2 Å². The van der Waals surface area contributed by atoms with E-state index in [1.54, 1.807) is 13.0 Å². The standard InChI is InChI=1S/C26H21F4IN2O3/c1-26(4-5-34)23-21(31)8-16(24(35)32-12-15-2-3-17(27)11-20(15)30)9-22(23)33(25(26)36)13-14-6-18(28)10-19(29)7-14/h2-3,6-11,34H,4-5,12-13H2,1H3,(H,32,35). The molecule has 2 N–H and O–H groups in total. The Balaban J connectivity index is 1.69. The second-order valence-electron chi connectivity index (χ2n) is 8.75. The number of carbonyl (C=O) groups is 2. The smallest absolute Gasteiger partial charge is 0.251 e. The summed E-state index contributed by atoms with van der Waals surface area (Å²) in [6, 6.07) is 9.08. The number of nitrogens with one attached hydrogen (secondary N) is 1. The predicted octanol–water partition coefficient (Wildman–Crippen LogP) is 4.96. The van der Waals surface area contributed by atoms with E-state index in [1.807, 2.05) is 22.6 Å². The molecule has 0 saturated heterocycles. The molecule has 3 aromatic carbocycles. The van der Waals surface area contributed by atoms with Gasteiger partial charge in [-0.2, -0.15) is 0 Å². The Morgan fingerprint density at radius 2 is 1.72 bits per heavy atom. The molecule has 0 aliphatic carbocycles. The van der Waals surface area contributed by atoms with E-state index in [4.69, 9.17) is 0 Å². The van der Waals surface area contributed by atoms with Crippen LogP contribution in [0.2, 0.25) is 0 Å². The molecule has 36 heavy (non-hydrogen) atoms. The molecular formula is C26H21F4IN2O3. The van der Waals surface area contributed by atoms with Gasteiger partial charge in [-0.15, -0.1) is 0 Å². The van der Waals surface area contributed by atoms with Crippen LogP contribution in [0.4, 0.5) is 23.2 Å². The summed E-state index contributed by atoms with van der Waals surface area (Å²) in [6.07, 6.45) is 0.109. The quantitative estimate of drug-likeness (QED) is 0.293. The van der Waals surface area contributed by atoms with Crippen LogP contribution >= 0.6 is 22.6 Å². The van der Waals surface area contributed by atoms with Crippen LogP contribution in [-0.4, -0.2) is 23.5 Å². The third-order valence-electron chi connectivity index (χ3n) is 6.22. The molecular weight excluding hydrogens is 591 g/mol. The van der Waals surface area contributed by atoms with Crippen LogP contribution in [-0.2, 0) is 23.3 Å². The van der Waals surface area contributed by atoms with Gasteiger partial charge >= 0.3 is 0 Å². The lowest BCUT2D eigenvalue weighted by molar-refractivity contribution is -0.123.